The van der Waals surface area contributed by atoms with Gasteiger partial charge in [-0.2, -0.15) is 0 Å². The molecule has 0 spiro atoms. The Morgan fingerprint density at radius 3 is 2.61 bits per heavy atom. The average molecular weight is 326 g/mol. The van der Waals surface area contributed by atoms with E-state index in [1.807, 2.05) is 0 Å². The summed E-state index contributed by atoms with van der Waals surface area (Å²) in [6.07, 6.45) is 2.95. The third-order valence-electron chi connectivity index (χ3n) is 3.21. The maximum atomic E-state index is 13.3. The number of carbonyl (C=O) groups excluding carboxylic acids is 1. The van der Waals surface area contributed by atoms with Gasteiger partial charge in [0.05, 0.1) is 10.6 Å². The fourth-order valence-corrected chi connectivity index (χ4v) is 2.28. The number of halogens is 1. The molecule has 0 saturated heterocycles. The number of hydrogen-bond donors (Lipinski definition) is 3. The van der Waals surface area contributed by atoms with Crippen LogP contribution < -0.4 is 5.73 Å². The van der Waals surface area contributed by atoms with Gasteiger partial charge >= 0.3 is 0 Å². The van der Waals surface area contributed by atoms with Crippen LogP contribution in [0.15, 0.2) is 66.1 Å². The fourth-order valence-electron chi connectivity index (χ4n) is 2.05. The lowest BCUT2D eigenvalue weighted by Crippen LogP contribution is -2.08. The Morgan fingerprint density at radius 1 is 1.22 bits per heavy atom. The Labute approximate surface area is 139 Å². The van der Waals surface area contributed by atoms with E-state index in [2.05, 4.69) is 19.2 Å². The first-order valence-corrected chi connectivity index (χ1v) is 7.19. The van der Waals surface area contributed by atoms with E-state index in [4.69, 9.17) is 11.1 Å². The zero-order valence-electron chi connectivity index (χ0n) is 12.2. The predicted molar refractivity (Wildman–Crippen MR) is 94.8 cm³/mol. The van der Waals surface area contributed by atoms with Gasteiger partial charge in [-0.15, -0.1) is 12.6 Å². The van der Waals surface area contributed by atoms with E-state index >= 15 is 0 Å². The number of nitrogen functional groups attached to an aromatic ring is 1. The van der Waals surface area contributed by atoms with Crippen LogP contribution in [-0.4, -0.2) is 11.5 Å². The molecule has 5 heteroatoms. The molecule has 2 rings (SSSR count). The monoisotopic (exact) mass is 326 g/mol. The van der Waals surface area contributed by atoms with Crippen molar-refractivity contribution in [3.8, 4) is 0 Å². The summed E-state index contributed by atoms with van der Waals surface area (Å²) in [4.78, 5) is 12.5. The van der Waals surface area contributed by atoms with E-state index in [1.165, 1.54) is 36.4 Å². The lowest BCUT2D eigenvalue weighted by Gasteiger charge is -2.10. The summed E-state index contributed by atoms with van der Waals surface area (Å²) in [7, 11) is 0. The molecule has 3 nitrogen and oxygen atoms in total. The zero-order valence-corrected chi connectivity index (χ0v) is 13.1. The van der Waals surface area contributed by atoms with Gasteiger partial charge in [0, 0.05) is 22.4 Å². The largest absolute Gasteiger partial charge is 0.398 e. The molecule has 2 aromatic rings. The van der Waals surface area contributed by atoms with Gasteiger partial charge in [0.15, 0.2) is 5.78 Å². The number of rotatable bonds is 5. The van der Waals surface area contributed by atoms with E-state index in [0.29, 0.717) is 22.4 Å². The van der Waals surface area contributed by atoms with Crippen LogP contribution in [0, 0.1) is 11.2 Å². The molecule has 2 aromatic carbocycles. The molecule has 3 N–H and O–H groups in total. The van der Waals surface area contributed by atoms with E-state index in [9.17, 15) is 9.18 Å². The maximum absolute atomic E-state index is 13.3. The smallest absolute Gasteiger partial charge is 0.199 e. The van der Waals surface area contributed by atoms with Gasteiger partial charge in [-0.1, -0.05) is 24.8 Å². The first kappa shape index (κ1) is 16.7. The minimum Gasteiger partial charge on any atom is -0.398 e. The molecule has 0 aliphatic heterocycles. The predicted octanol–water partition coefficient (Wildman–Crippen LogP) is 4.01. The zero-order chi connectivity index (χ0) is 17.0. The van der Waals surface area contributed by atoms with Gasteiger partial charge in [0.25, 0.3) is 0 Å². The molecular formula is C18H15FN2OS. The number of anilines is 1. The van der Waals surface area contributed by atoms with Gasteiger partial charge in [0.2, 0.25) is 0 Å². The molecular weight excluding hydrogens is 311 g/mol. The molecule has 0 aliphatic carbocycles. The van der Waals surface area contributed by atoms with Crippen molar-refractivity contribution in [3.63, 3.8) is 0 Å². The van der Waals surface area contributed by atoms with Crippen LogP contribution in [0.1, 0.15) is 21.5 Å². The van der Waals surface area contributed by atoms with Gasteiger partial charge in [-0.05, 0) is 36.4 Å². The number of carbonyl (C=O) groups is 1. The number of ketones is 1. The van der Waals surface area contributed by atoms with Crippen LogP contribution in [-0.2, 0) is 0 Å². The van der Waals surface area contributed by atoms with Crippen molar-refractivity contribution in [3.05, 3.63) is 88.6 Å². The minimum absolute atomic E-state index is 0.0464. The molecule has 0 bridgehead atoms. The Bertz CT molecular complexity index is 828. The molecule has 0 aliphatic rings. The highest BCUT2D eigenvalue weighted by Crippen LogP contribution is 2.21. The second-order valence-corrected chi connectivity index (χ2v) is 5.29. The van der Waals surface area contributed by atoms with Crippen molar-refractivity contribution in [2.24, 2.45) is 0 Å². The van der Waals surface area contributed by atoms with Crippen LogP contribution >= 0.6 is 12.6 Å². The highest BCUT2D eigenvalue weighted by molar-refractivity contribution is 7.85. The number of Topliss-reactive ketones (excluding diaryl/α,β-unsaturated/α-hetero) is 1. The standard InChI is InChI=1S/C18H15FN2OS/c1-2-4-16(23)18(22)12-7-8-15(20)14(10-12)17(21)11-5-3-6-13(19)9-11/h2-10,21,23H,1,20H2/b16-4-,21-17?. The Hall–Kier alpha value is -2.66. The highest BCUT2D eigenvalue weighted by atomic mass is 32.1. The molecule has 0 fully saturated rings. The molecule has 0 saturated carbocycles. The van der Waals surface area contributed by atoms with Crippen LogP contribution in [0.5, 0.6) is 0 Å². The van der Waals surface area contributed by atoms with Crippen LogP contribution in [0.25, 0.3) is 0 Å². The number of thiol groups is 1. The Balaban J connectivity index is 2.45. The number of nitrogens with one attached hydrogen (secondary N) is 1. The van der Waals surface area contributed by atoms with Crippen molar-refractivity contribution in [2.75, 3.05) is 5.73 Å². The lowest BCUT2D eigenvalue weighted by molar-refractivity contribution is 0.104. The summed E-state index contributed by atoms with van der Waals surface area (Å²) in [5.41, 5.74) is 7.38. The number of nitrogens with two attached hydrogens (primary N) is 1. The normalized spacial score (nSPS) is 11.1. The van der Waals surface area contributed by atoms with Crippen molar-refractivity contribution in [1.29, 1.82) is 5.41 Å². The topological polar surface area (TPSA) is 66.9 Å². The molecule has 0 atom stereocenters. The van der Waals surface area contributed by atoms with Crippen molar-refractivity contribution >= 4 is 29.8 Å². The maximum Gasteiger partial charge on any atom is 0.199 e. The van der Waals surface area contributed by atoms with E-state index in [-0.39, 0.29) is 16.4 Å². The third kappa shape index (κ3) is 3.76. The molecule has 0 unspecified atom stereocenters. The van der Waals surface area contributed by atoms with Crippen LogP contribution in [0.2, 0.25) is 0 Å². The summed E-state index contributed by atoms with van der Waals surface area (Å²) in [5, 5.41) is 8.23. The van der Waals surface area contributed by atoms with Gasteiger partial charge in [-0.25, -0.2) is 4.39 Å². The quantitative estimate of drug-likeness (QED) is 0.194. The first-order valence-electron chi connectivity index (χ1n) is 6.75. The summed E-state index contributed by atoms with van der Waals surface area (Å²) in [6.45, 7) is 3.52. The molecule has 116 valence electrons. The molecule has 0 radical (unpaired) electrons. The van der Waals surface area contributed by atoms with E-state index < -0.39 is 5.82 Å². The van der Waals surface area contributed by atoms with Gasteiger partial charge in [-0.3, -0.25) is 10.2 Å². The molecule has 0 heterocycles. The van der Waals surface area contributed by atoms with Crippen LogP contribution in [0.3, 0.4) is 0 Å². The summed E-state index contributed by atoms with van der Waals surface area (Å²) >= 11 is 4.12. The Morgan fingerprint density at radius 2 is 1.96 bits per heavy atom. The van der Waals surface area contributed by atoms with E-state index in [1.54, 1.807) is 18.2 Å². The highest BCUT2D eigenvalue weighted by Gasteiger charge is 2.14. The minimum atomic E-state index is -0.440. The summed E-state index contributed by atoms with van der Waals surface area (Å²) in [6, 6.07) is 10.3. The fraction of sp³-hybridized carbons (Fsp3) is 0. The SMILES string of the molecule is C=C/C=C(\S)C(=O)c1ccc(N)c(C(=N)c2cccc(F)c2)c1. The Kier molecular flexibility index (Phi) is 5.13. The second kappa shape index (κ2) is 7.07. The van der Waals surface area contributed by atoms with Gasteiger partial charge < -0.3 is 5.73 Å². The van der Waals surface area contributed by atoms with E-state index in [0.717, 1.165) is 0 Å². The number of allylic oxidation sites excluding steroid dienone is 3. The summed E-state index contributed by atoms with van der Waals surface area (Å²) in [5.74, 6) is -0.744. The lowest BCUT2D eigenvalue weighted by atomic mass is 9.97. The third-order valence-corrected chi connectivity index (χ3v) is 3.56. The molecule has 0 amide bonds. The van der Waals surface area contributed by atoms with Crippen LogP contribution in [0.4, 0.5) is 10.1 Å². The molecule has 0 aromatic heterocycles. The van der Waals surface area contributed by atoms with Crippen molar-refractivity contribution in [1.82, 2.24) is 0 Å². The molecule has 23 heavy (non-hydrogen) atoms. The van der Waals surface area contributed by atoms with Gasteiger partial charge in [0.1, 0.15) is 5.82 Å². The summed E-state index contributed by atoms with van der Waals surface area (Å²) < 4.78 is 13.3. The number of benzene rings is 2. The average Bonchev–Trinajstić information content (AvgIpc) is 2.54. The number of hydrogen-bond acceptors (Lipinski definition) is 4. The first-order chi connectivity index (χ1) is 10.9. The second-order valence-electron chi connectivity index (χ2n) is 4.80. The van der Waals surface area contributed by atoms with Crippen molar-refractivity contribution in [2.45, 2.75) is 0 Å². The van der Waals surface area contributed by atoms with Crippen molar-refractivity contribution < 1.29 is 9.18 Å².